The van der Waals surface area contributed by atoms with Crippen LogP contribution in [0, 0.1) is 5.92 Å². The van der Waals surface area contributed by atoms with Crippen LogP contribution in [0.3, 0.4) is 0 Å². The molecule has 0 unspecified atom stereocenters. The molecule has 15 heavy (non-hydrogen) atoms. The predicted octanol–water partition coefficient (Wildman–Crippen LogP) is 1.10. The van der Waals surface area contributed by atoms with Gasteiger partial charge >= 0.3 is 0 Å². The Balaban J connectivity index is 2.65. The molecule has 1 heterocycles. The monoisotopic (exact) mass is 209 g/mol. The van der Waals surface area contributed by atoms with Crippen LogP contribution < -0.4 is 0 Å². The first-order valence-electron chi connectivity index (χ1n) is 5.00. The molecule has 1 rings (SSSR count). The summed E-state index contributed by atoms with van der Waals surface area (Å²) in [6.07, 6.45) is 1.48. The summed E-state index contributed by atoms with van der Waals surface area (Å²) >= 11 is 0. The van der Waals surface area contributed by atoms with Gasteiger partial charge in [0.2, 0.25) is 0 Å². The molecule has 0 aliphatic rings. The summed E-state index contributed by atoms with van der Waals surface area (Å²) < 4.78 is 1.56. The van der Waals surface area contributed by atoms with Crippen molar-refractivity contribution < 1.29 is 9.59 Å². The highest BCUT2D eigenvalue weighted by Crippen LogP contribution is 2.04. The van der Waals surface area contributed by atoms with Crippen molar-refractivity contribution in [1.29, 1.82) is 0 Å². The number of carbonyl (C=O) groups excluding carboxylic acids is 2. The van der Waals surface area contributed by atoms with Crippen molar-refractivity contribution in [2.24, 2.45) is 5.92 Å². The van der Waals surface area contributed by atoms with Gasteiger partial charge < -0.3 is 0 Å². The van der Waals surface area contributed by atoms with Crippen molar-refractivity contribution in [3.05, 3.63) is 11.9 Å². The van der Waals surface area contributed by atoms with E-state index in [1.807, 2.05) is 6.92 Å². The molecule has 0 N–H and O–H groups in total. The number of hydrogen-bond donors (Lipinski definition) is 0. The molecule has 0 radical (unpaired) electrons. The summed E-state index contributed by atoms with van der Waals surface area (Å²) in [7, 11) is 0. The summed E-state index contributed by atoms with van der Waals surface area (Å²) in [5.74, 6) is -0.436. The summed E-state index contributed by atoms with van der Waals surface area (Å²) in [5.41, 5.74) is 0.269. The first-order chi connectivity index (χ1) is 7.04. The smallest absolute Gasteiger partial charge is 0.192 e. The molecular formula is C10H15N3O2. The molecule has 5 heteroatoms. The number of ketones is 2. The minimum absolute atomic E-state index is 0.0638. The van der Waals surface area contributed by atoms with Crippen LogP contribution >= 0.6 is 0 Å². The minimum atomic E-state index is -0.256. The van der Waals surface area contributed by atoms with Crippen LogP contribution in [0.1, 0.15) is 37.7 Å². The van der Waals surface area contributed by atoms with Crippen molar-refractivity contribution in [2.45, 2.75) is 33.7 Å². The minimum Gasteiger partial charge on any atom is -0.299 e. The average molecular weight is 209 g/mol. The van der Waals surface area contributed by atoms with E-state index in [-0.39, 0.29) is 29.6 Å². The molecule has 0 aromatic carbocycles. The van der Waals surface area contributed by atoms with Gasteiger partial charge in [-0.2, -0.15) is 0 Å². The van der Waals surface area contributed by atoms with E-state index in [4.69, 9.17) is 0 Å². The molecule has 0 aliphatic carbocycles. The molecule has 1 aromatic heterocycles. The van der Waals surface area contributed by atoms with Crippen molar-refractivity contribution in [1.82, 2.24) is 15.0 Å². The number of hydrogen-bond acceptors (Lipinski definition) is 4. The lowest BCUT2D eigenvalue weighted by Crippen LogP contribution is -2.13. The Morgan fingerprint density at radius 2 is 2.13 bits per heavy atom. The van der Waals surface area contributed by atoms with Gasteiger partial charge in [-0.25, -0.2) is 0 Å². The molecule has 0 saturated carbocycles. The molecule has 0 saturated heterocycles. The van der Waals surface area contributed by atoms with Crippen LogP contribution in [0.2, 0.25) is 0 Å². The molecule has 82 valence electrons. The van der Waals surface area contributed by atoms with Crippen LogP contribution in [-0.4, -0.2) is 26.6 Å². The second-order valence-electron chi connectivity index (χ2n) is 3.68. The fourth-order valence-corrected chi connectivity index (χ4v) is 1.03. The third-order valence-corrected chi connectivity index (χ3v) is 2.13. The average Bonchev–Trinajstić information content (AvgIpc) is 2.65. The van der Waals surface area contributed by atoms with Crippen LogP contribution in [0.25, 0.3) is 0 Å². The number of rotatable bonds is 5. The molecule has 5 nitrogen and oxygen atoms in total. The Labute approximate surface area is 88.5 Å². The molecular weight excluding hydrogens is 194 g/mol. The number of carbonyl (C=O) groups is 2. The van der Waals surface area contributed by atoms with Crippen molar-refractivity contribution in [3.63, 3.8) is 0 Å². The molecule has 0 spiro atoms. The predicted molar refractivity (Wildman–Crippen MR) is 54.5 cm³/mol. The summed E-state index contributed by atoms with van der Waals surface area (Å²) in [5, 5.41) is 7.45. The normalized spacial score (nSPS) is 10.7. The van der Waals surface area contributed by atoms with Crippen LogP contribution in [-0.2, 0) is 11.3 Å². The van der Waals surface area contributed by atoms with E-state index in [0.29, 0.717) is 6.54 Å². The highest BCUT2D eigenvalue weighted by molar-refractivity contribution is 6.07. The lowest BCUT2D eigenvalue weighted by molar-refractivity contribution is -0.121. The van der Waals surface area contributed by atoms with Gasteiger partial charge in [-0.05, 0) is 6.92 Å². The number of aryl methyl sites for hydroxylation is 1. The SMILES string of the molecule is CCn1cc(C(=O)CC(=O)C(C)C)nn1. The van der Waals surface area contributed by atoms with E-state index in [9.17, 15) is 9.59 Å². The van der Waals surface area contributed by atoms with Gasteiger partial charge in [-0.1, -0.05) is 19.1 Å². The lowest BCUT2D eigenvalue weighted by atomic mass is 10.0. The Hall–Kier alpha value is -1.52. The molecule has 0 bridgehead atoms. The van der Waals surface area contributed by atoms with Gasteiger partial charge in [0.05, 0.1) is 12.6 Å². The van der Waals surface area contributed by atoms with E-state index in [1.54, 1.807) is 24.7 Å². The quantitative estimate of drug-likeness (QED) is 0.538. The lowest BCUT2D eigenvalue weighted by Gasteiger charge is -2.00. The largest absolute Gasteiger partial charge is 0.299 e. The molecule has 1 aromatic rings. The van der Waals surface area contributed by atoms with Gasteiger partial charge in [0.1, 0.15) is 11.5 Å². The van der Waals surface area contributed by atoms with Crippen LogP contribution in [0.4, 0.5) is 0 Å². The van der Waals surface area contributed by atoms with Gasteiger partial charge in [0.25, 0.3) is 0 Å². The summed E-state index contributed by atoms with van der Waals surface area (Å²) in [6, 6.07) is 0. The van der Waals surface area contributed by atoms with E-state index in [1.165, 1.54) is 0 Å². The number of aromatic nitrogens is 3. The first kappa shape index (κ1) is 11.6. The zero-order chi connectivity index (χ0) is 11.4. The third kappa shape index (κ3) is 2.97. The van der Waals surface area contributed by atoms with Gasteiger partial charge in [0.15, 0.2) is 5.78 Å². The Morgan fingerprint density at radius 3 is 2.60 bits per heavy atom. The fourth-order valence-electron chi connectivity index (χ4n) is 1.03. The fraction of sp³-hybridized carbons (Fsp3) is 0.600. The zero-order valence-electron chi connectivity index (χ0n) is 9.23. The maximum atomic E-state index is 11.6. The molecule has 0 aliphatic heterocycles. The second kappa shape index (κ2) is 4.82. The Bertz CT molecular complexity index is 368. The van der Waals surface area contributed by atoms with E-state index in [2.05, 4.69) is 10.3 Å². The Morgan fingerprint density at radius 1 is 1.47 bits per heavy atom. The van der Waals surface area contributed by atoms with Crippen LogP contribution in [0.15, 0.2) is 6.20 Å². The van der Waals surface area contributed by atoms with Crippen molar-refractivity contribution in [2.75, 3.05) is 0 Å². The Kier molecular flexibility index (Phi) is 3.71. The summed E-state index contributed by atoms with van der Waals surface area (Å²) in [4.78, 5) is 22.9. The molecule has 0 fully saturated rings. The van der Waals surface area contributed by atoms with Crippen LogP contribution in [0.5, 0.6) is 0 Å². The summed E-state index contributed by atoms with van der Waals surface area (Å²) in [6.45, 7) is 6.12. The van der Waals surface area contributed by atoms with E-state index < -0.39 is 0 Å². The zero-order valence-corrected chi connectivity index (χ0v) is 9.23. The maximum Gasteiger partial charge on any atom is 0.192 e. The molecule has 0 atom stereocenters. The van der Waals surface area contributed by atoms with Gasteiger partial charge in [-0.3, -0.25) is 14.3 Å². The number of nitrogens with zero attached hydrogens (tertiary/aromatic N) is 3. The number of Topliss-reactive ketones (excluding diaryl/α,β-unsaturated/α-hetero) is 2. The second-order valence-corrected chi connectivity index (χ2v) is 3.68. The first-order valence-corrected chi connectivity index (χ1v) is 5.00. The molecule has 0 amide bonds. The highest BCUT2D eigenvalue weighted by atomic mass is 16.1. The van der Waals surface area contributed by atoms with Gasteiger partial charge in [0, 0.05) is 12.5 Å². The van der Waals surface area contributed by atoms with Crippen molar-refractivity contribution in [3.8, 4) is 0 Å². The van der Waals surface area contributed by atoms with Crippen molar-refractivity contribution >= 4 is 11.6 Å². The topological polar surface area (TPSA) is 64.8 Å². The van der Waals surface area contributed by atoms with E-state index >= 15 is 0 Å². The highest BCUT2D eigenvalue weighted by Gasteiger charge is 2.16. The van der Waals surface area contributed by atoms with Gasteiger partial charge in [-0.15, -0.1) is 5.10 Å². The standard InChI is InChI=1S/C10H15N3O2/c1-4-13-6-8(11-12-13)10(15)5-9(14)7(2)3/h6-7H,4-5H2,1-3H3. The van der Waals surface area contributed by atoms with E-state index in [0.717, 1.165) is 0 Å². The third-order valence-electron chi connectivity index (χ3n) is 2.13. The maximum absolute atomic E-state index is 11.6.